The number of hydrogen-bond acceptors (Lipinski definition) is 3. The third kappa shape index (κ3) is 8.28. The first-order valence-electron chi connectivity index (χ1n) is 8.10. The molecule has 0 aliphatic carbocycles. The lowest BCUT2D eigenvalue weighted by atomic mass is 10.2. The molecule has 1 N–H and O–H groups in total. The van der Waals surface area contributed by atoms with Gasteiger partial charge in [0, 0.05) is 13.2 Å². The van der Waals surface area contributed by atoms with E-state index < -0.39 is 0 Å². The molecule has 0 unspecified atom stereocenters. The van der Waals surface area contributed by atoms with Crippen molar-refractivity contribution < 1.29 is 4.74 Å². The summed E-state index contributed by atoms with van der Waals surface area (Å²) in [5.41, 5.74) is 2.14. The van der Waals surface area contributed by atoms with Crippen LogP contribution < -0.4 is 5.32 Å². The second kappa shape index (κ2) is 11.9. The van der Waals surface area contributed by atoms with Crippen LogP contribution in [0, 0.1) is 0 Å². The third-order valence-corrected chi connectivity index (χ3v) is 3.24. The van der Waals surface area contributed by atoms with Crippen molar-refractivity contribution in [2.24, 2.45) is 0 Å². The van der Waals surface area contributed by atoms with Gasteiger partial charge in [-0.15, -0.1) is 0 Å². The van der Waals surface area contributed by atoms with Gasteiger partial charge in [0.25, 0.3) is 0 Å². The second-order valence-electron chi connectivity index (χ2n) is 5.26. The Hall–Kier alpha value is -0.930. The van der Waals surface area contributed by atoms with Crippen molar-refractivity contribution in [2.45, 2.75) is 65.5 Å². The molecule has 0 amide bonds. The molecule has 0 fully saturated rings. The maximum atomic E-state index is 5.70. The van der Waals surface area contributed by atoms with E-state index in [1.54, 1.807) is 0 Å². The Morgan fingerprint density at radius 2 is 1.80 bits per heavy atom. The first-order valence-corrected chi connectivity index (χ1v) is 8.10. The Morgan fingerprint density at radius 1 is 1.00 bits per heavy atom. The van der Waals surface area contributed by atoms with Crippen LogP contribution >= 0.6 is 0 Å². The van der Waals surface area contributed by atoms with Crippen molar-refractivity contribution in [1.82, 2.24) is 10.3 Å². The number of nitrogens with one attached hydrogen (secondary N) is 1. The Morgan fingerprint density at radius 3 is 2.60 bits per heavy atom. The van der Waals surface area contributed by atoms with E-state index in [2.05, 4.69) is 36.3 Å². The van der Waals surface area contributed by atoms with Gasteiger partial charge in [-0.3, -0.25) is 4.98 Å². The molecule has 114 valence electrons. The molecule has 0 radical (unpaired) electrons. The first kappa shape index (κ1) is 17.1. The lowest BCUT2D eigenvalue weighted by Gasteiger charge is -2.07. The first-order chi connectivity index (χ1) is 9.86. The molecule has 3 heteroatoms. The number of unbranched alkanes of at least 4 members (excludes halogenated alkanes) is 4. The van der Waals surface area contributed by atoms with Crippen molar-refractivity contribution >= 4 is 0 Å². The zero-order chi connectivity index (χ0) is 14.5. The maximum absolute atomic E-state index is 5.70. The molecule has 0 bridgehead atoms. The summed E-state index contributed by atoms with van der Waals surface area (Å²) in [6, 6.07) is 6.17. The Balaban J connectivity index is 2.14. The molecule has 1 heterocycles. The van der Waals surface area contributed by atoms with Crippen molar-refractivity contribution in [3.63, 3.8) is 0 Å². The minimum atomic E-state index is 0.634. The van der Waals surface area contributed by atoms with Crippen molar-refractivity contribution in [2.75, 3.05) is 13.2 Å². The molecule has 0 atom stereocenters. The highest BCUT2D eigenvalue weighted by atomic mass is 16.5. The number of pyridine rings is 1. The third-order valence-electron chi connectivity index (χ3n) is 3.24. The summed E-state index contributed by atoms with van der Waals surface area (Å²) in [5, 5.41) is 3.37. The van der Waals surface area contributed by atoms with Crippen LogP contribution in [0.5, 0.6) is 0 Å². The normalized spacial score (nSPS) is 10.9. The number of aromatic nitrogens is 1. The van der Waals surface area contributed by atoms with E-state index in [1.807, 2.05) is 6.07 Å². The van der Waals surface area contributed by atoms with Gasteiger partial charge in [-0.2, -0.15) is 0 Å². The van der Waals surface area contributed by atoms with Crippen LogP contribution in [0.25, 0.3) is 0 Å². The quantitative estimate of drug-likeness (QED) is 0.585. The Bertz CT molecular complexity index is 342. The summed E-state index contributed by atoms with van der Waals surface area (Å²) in [7, 11) is 0. The molecule has 0 aliphatic heterocycles. The van der Waals surface area contributed by atoms with Gasteiger partial charge < -0.3 is 10.1 Å². The molecule has 0 spiro atoms. The average Bonchev–Trinajstić information content (AvgIpc) is 2.47. The fourth-order valence-electron chi connectivity index (χ4n) is 2.09. The van der Waals surface area contributed by atoms with Crippen molar-refractivity contribution in [3.8, 4) is 0 Å². The predicted octanol–water partition coefficient (Wildman–Crippen LogP) is 4.07. The van der Waals surface area contributed by atoms with E-state index in [4.69, 9.17) is 4.74 Å². The van der Waals surface area contributed by atoms with Crippen molar-refractivity contribution in [3.05, 3.63) is 29.6 Å². The van der Waals surface area contributed by atoms with E-state index in [0.717, 1.165) is 43.9 Å². The second-order valence-corrected chi connectivity index (χ2v) is 5.26. The summed E-state index contributed by atoms with van der Waals surface area (Å²) in [6.07, 6.45) is 7.56. The minimum Gasteiger partial charge on any atom is -0.375 e. The van der Waals surface area contributed by atoms with E-state index in [9.17, 15) is 0 Å². The average molecular weight is 278 g/mol. The fourth-order valence-corrected chi connectivity index (χ4v) is 2.09. The van der Waals surface area contributed by atoms with Crippen LogP contribution in [0.2, 0.25) is 0 Å². The maximum Gasteiger partial charge on any atom is 0.0887 e. The molecule has 0 saturated carbocycles. The smallest absolute Gasteiger partial charge is 0.0887 e. The molecule has 20 heavy (non-hydrogen) atoms. The Kier molecular flexibility index (Phi) is 10.2. The fraction of sp³-hybridized carbons (Fsp3) is 0.706. The summed E-state index contributed by atoms with van der Waals surface area (Å²) in [6.45, 7) is 7.79. The van der Waals surface area contributed by atoms with Gasteiger partial charge in [-0.05, 0) is 31.5 Å². The number of ether oxygens (including phenoxy) is 1. The lowest BCUT2D eigenvalue weighted by molar-refractivity contribution is 0.114. The van der Waals surface area contributed by atoms with E-state index >= 15 is 0 Å². The largest absolute Gasteiger partial charge is 0.375 e. The molecule has 1 rings (SSSR count). The van der Waals surface area contributed by atoms with Gasteiger partial charge in [0.05, 0.1) is 18.0 Å². The highest BCUT2D eigenvalue weighted by Crippen LogP contribution is 2.05. The van der Waals surface area contributed by atoms with Crippen molar-refractivity contribution in [1.29, 1.82) is 0 Å². The van der Waals surface area contributed by atoms with Crippen LogP contribution in [0.4, 0.5) is 0 Å². The molecule has 1 aromatic heterocycles. The van der Waals surface area contributed by atoms with E-state index in [1.165, 1.54) is 25.7 Å². The summed E-state index contributed by atoms with van der Waals surface area (Å²) < 4.78 is 5.70. The molecule has 0 aromatic carbocycles. The standard InChI is InChI=1S/C17H30N2O/c1-3-5-6-7-8-13-20-15-17-11-9-10-16(19-17)14-18-12-4-2/h9-11,18H,3-8,12-15H2,1-2H3. The highest BCUT2D eigenvalue weighted by molar-refractivity contribution is 5.10. The van der Waals surface area contributed by atoms with Crippen LogP contribution in [0.3, 0.4) is 0 Å². The molecule has 1 aromatic rings. The van der Waals surface area contributed by atoms with Gasteiger partial charge in [-0.25, -0.2) is 0 Å². The van der Waals surface area contributed by atoms with Crippen LogP contribution in [0.15, 0.2) is 18.2 Å². The summed E-state index contributed by atoms with van der Waals surface area (Å²) >= 11 is 0. The van der Waals surface area contributed by atoms with Crippen LogP contribution in [-0.4, -0.2) is 18.1 Å². The van der Waals surface area contributed by atoms with Gasteiger partial charge in [0.1, 0.15) is 0 Å². The van der Waals surface area contributed by atoms with E-state index in [-0.39, 0.29) is 0 Å². The number of hydrogen-bond donors (Lipinski definition) is 1. The summed E-state index contributed by atoms with van der Waals surface area (Å²) in [5.74, 6) is 0. The molecule has 3 nitrogen and oxygen atoms in total. The van der Waals surface area contributed by atoms with Gasteiger partial charge >= 0.3 is 0 Å². The van der Waals surface area contributed by atoms with Gasteiger partial charge in [0.2, 0.25) is 0 Å². The van der Waals surface area contributed by atoms with E-state index in [0.29, 0.717) is 6.61 Å². The number of rotatable bonds is 12. The van der Waals surface area contributed by atoms with Crippen LogP contribution in [0.1, 0.15) is 63.8 Å². The minimum absolute atomic E-state index is 0.634. The predicted molar refractivity (Wildman–Crippen MR) is 84.6 cm³/mol. The molecule has 0 aliphatic rings. The topological polar surface area (TPSA) is 34.1 Å². The molecular weight excluding hydrogens is 248 g/mol. The summed E-state index contributed by atoms with van der Waals surface area (Å²) in [4.78, 5) is 4.60. The van der Waals surface area contributed by atoms with Gasteiger partial charge in [-0.1, -0.05) is 45.6 Å². The zero-order valence-corrected chi connectivity index (χ0v) is 13.2. The number of nitrogens with zero attached hydrogens (tertiary/aromatic N) is 1. The zero-order valence-electron chi connectivity index (χ0n) is 13.2. The highest BCUT2D eigenvalue weighted by Gasteiger charge is 1.98. The monoisotopic (exact) mass is 278 g/mol. The molecule has 0 saturated heterocycles. The lowest BCUT2D eigenvalue weighted by Crippen LogP contribution is -2.15. The van der Waals surface area contributed by atoms with Gasteiger partial charge in [0.15, 0.2) is 0 Å². The van der Waals surface area contributed by atoms with Crippen LogP contribution in [-0.2, 0) is 17.9 Å². The Labute approximate surface area is 124 Å². The molecular formula is C17H30N2O. The SMILES string of the molecule is CCCCCCCOCc1cccc(CNCCC)n1.